The Kier molecular flexibility index (Phi) is 12.3. The number of benzene rings is 2. The third-order valence-corrected chi connectivity index (χ3v) is 6.97. The van der Waals surface area contributed by atoms with Gasteiger partial charge in [0.25, 0.3) is 0 Å². The van der Waals surface area contributed by atoms with E-state index in [0.29, 0.717) is 0 Å². The number of rotatable bonds is 7. The van der Waals surface area contributed by atoms with Crippen LogP contribution in [-0.4, -0.2) is 33.7 Å². The number of thiazole rings is 1. The van der Waals surface area contributed by atoms with Crippen LogP contribution in [0.15, 0.2) is 60.9 Å². The topological polar surface area (TPSA) is 56.1 Å². The van der Waals surface area contributed by atoms with E-state index in [1.807, 2.05) is 13.0 Å². The number of nitrogens with zero attached hydrogens (tertiary/aromatic N) is 2. The summed E-state index contributed by atoms with van der Waals surface area (Å²) in [7, 11) is 0.826. The Morgan fingerprint density at radius 1 is 1.08 bits per heavy atom. The maximum absolute atomic E-state index is 12.4. The first-order valence-electron chi connectivity index (χ1n) is 12.0. The van der Waals surface area contributed by atoms with Gasteiger partial charge in [0, 0.05) is 46.5 Å². The number of alkyl halides is 3. The highest BCUT2D eigenvalue weighted by atomic mass is 32.2. The molecule has 5 nitrogen and oxygen atoms in total. The van der Waals surface area contributed by atoms with Gasteiger partial charge in [-0.05, 0) is 63.2 Å². The molecule has 0 bridgehead atoms. The number of halogens is 3. The molecule has 0 fully saturated rings. The number of hydrogen-bond acceptors (Lipinski definition) is 4. The van der Waals surface area contributed by atoms with Gasteiger partial charge < -0.3 is 9.30 Å². The van der Waals surface area contributed by atoms with Crippen molar-refractivity contribution in [2.75, 3.05) is 19.9 Å². The molecule has 0 aliphatic carbocycles. The summed E-state index contributed by atoms with van der Waals surface area (Å²) < 4.78 is 57.2. The lowest BCUT2D eigenvalue weighted by Crippen LogP contribution is -2.06. The molecule has 0 amide bonds. The second-order valence-electron chi connectivity index (χ2n) is 7.89. The van der Waals surface area contributed by atoms with Gasteiger partial charge in [-0.2, -0.15) is 13.2 Å². The second kappa shape index (κ2) is 14.9. The minimum Gasteiger partial charge on any atom is -0.494 e. The van der Waals surface area contributed by atoms with E-state index in [0.717, 1.165) is 59.3 Å². The fraction of sp³-hybridized carbons (Fsp3) is 0.370. The third-order valence-electron chi connectivity index (χ3n) is 5.20. The molecule has 0 spiro atoms. The Morgan fingerprint density at radius 3 is 2.27 bits per heavy atom. The second-order valence-corrected chi connectivity index (χ2v) is 10.3. The molecule has 0 radical (unpaired) electrons. The van der Waals surface area contributed by atoms with Crippen molar-refractivity contribution in [1.82, 2.24) is 14.3 Å². The van der Waals surface area contributed by atoms with Gasteiger partial charge in [-0.25, -0.2) is 13.9 Å². The van der Waals surface area contributed by atoms with Crippen LogP contribution in [-0.2, 0) is 30.1 Å². The van der Waals surface area contributed by atoms with Crippen LogP contribution in [0.3, 0.4) is 0 Å². The minimum absolute atomic E-state index is 0.631. The Bertz CT molecular complexity index is 1250. The summed E-state index contributed by atoms with van der Waals surface area (Å²) in [6.07, 6.45) is 3.12. The maximum atomic E-state index is 12.4. The molecule has 0 aliphatic heterocycles. The van der Waals surface area contributed by atoms with Gasteiger partial charge in [0.15, 0.2) is 0 Å². The van der Waals surface area contributed by atoms with Crippen molar-refractivity contribution in [1.29, 1.82) is 0 Å². The molecular formula is C27H34F3N3O2S2. The Morgan fingerprint density at radius 2 is 1.76 bits per heavy atom. The Balaban J connectivity index is 0.000000222. The number of aromatic nitrogens is 2. The zero-order valence-electron chi connectivity index (χ0n) is 21.8. The standard InChI is InChI=1S/C13H17NO.C12H10F3NS.C2H7NOS/c1-3-9-15-12-5-6-13-11(10-12)7-8-14(13)4-2;1-2-10-7-16-11(17-10)8-3-5-9(6-4-8)12(13,14)15;1-3-5(2)4/h5-8,10H,3-4,9H2,1-2H3;3-7H,2H2,1H3;3H,1-2H3. The van der Waals surface area contributed by atoms with Gasteiger partial charge >= 0.3 is 6.18 Å². The highest BCUT2D eigenvalue weighted by Gasteiger charge is 2.30. The van der Waals surface area contributed by atoms with Crippen LogP contribution in [0, 0.1) is 0 Å². The molecular weight excluding hydrogens is 519 g/mol. The van der Waals surface area contributed by atoms with Crippen molar-refractivity contribution >= 4 is 33.2 Å². The van der Waals surface area contributed by atoms with E-state index in [4.69, 9.17) is 4.74 Å². The number of ether oxygens (including phenoxy) is 1. The lowest BCUT2D eigenvalue weighted by atomic mass is 10.1. The van der Waals surface area contributed by atoms with Crippen molar-refractivity contribution < 1.29 is 22.1 Å². The molecule has 4 aromatic rings. The molecule has 2 heterocycles. The maximum Gasteiger partial charge on any atom is 0.416 e. The van der Waals surface area contributed by atoms with Gasteiger partial charge in [-0.15, -0.1) is 11.3 Å². The zero-order chi connectivity index (χ0) is 27.4. The third kappa shape index (κ3) is 9.60. The van der Waals surface area contributed by atoms with Crippen LogP contribution in [0.2, 0.25) is 0 Å². The summed E-state index contributed by atoms with van der Waals surface area (Å²) in [6.45, 7) is 8.09. The first-order valence-corrected chi connectivity index (χ1v) is 14.3. The van der Waals surface area contributed by atoms with Crippen molar-refractivity contribution in [2.24, 2.45) is 0 Å². The van der Waals surface area contributed by atoms with E-state index in [2.05, 4.69) is 52.5 Å². The van der Waals surface area contributed by atoms with Gasteiger partial charge in [-0.3, -0.25) is 0 Å². The van der Waals surface area contributed by atoms with E-state index < -0.39 is 22.7 Å². The van der Waals surface area contributed by atoms with Crippen LogP contribution in [0.5, 0.6) is 5.75 Å². The number of nitrogens with one attached hydrogen (secondary N) is 1. The van der Waals surface area contributed by atoms with E-state index in [-0.39, 0.29) is 0 Å². The molecule has 1 atom stereocenters. The van der Waals surface area contributed by atoms with Crippen LogP contribution in [0.4, 0.5) is 13.2 Å². The number of fused-ring (bicyclic) bond motifs is 1. The smallest absolute Gasteiger partial charge is 0.416 e. The summed E-state index contributed by atoms with van der Waals surface area (Å²) in [4.78, 5) is 5.31. The SMILES string of the molecule is CCCOc1ccc2c(ccn2CC)c1.CCc1cnc(-c2ccc(C(F)(F)F)cc2)s1.CNS(C)=O. The molecule has 0 saturated carbocycles. The van der Waals surface area contributed by atoms with E-state index in [1.54, 1.807) is 19.5 Å². The lowest BCUT2D eigenvalue weighted by Gasteiger charge is -2.06. The molecule has 4 rings (SSSR count). The predicted molar refractivity (Wildman–Crippen MR) is 148 cm³/mol. The highest BCUT2D eigenvalue weighted by Crippen LogP contribution is 2.32. The van der Waals surface area contributed by atoms with Crippen molar-refractivity contribution in [3.63, 3.8) is 0 Å². The van der Waals surface area contributed by atoms with Crippen LogP contribution >= 0.6 is 11.3 Å². The lowest BCUT2D eigenvalue weighted by molar-refractivity contribution is -0.137. The van der Waals surface area contributed by atoms with Gasteiger partial charge in [0.2, 0.25) is 0 Å². The number of aryl methyl sites for hydroxylation is 2. The molecule has 2 aromatic heterocycles. The van der Waals surface area contributed by atoms with Crippen molar-refractivity contribution in [3.05, 3.63) is 71.4 Å². The number of hydrogen-bond donors (Lipinski definition) is 1. The quantitative estimate of drug-likeness (QED) is 0.261. The molecule has 2 aromatic carbocycles. The summed E-state index contributed by atoms with van der Waals surface area (Å²) in [5, 5.41) is 2.01. The monoisotopic (exact) mass is 553 g/mol. The summed E-state index contributed by atoms with van der Waals surface area (Å²) in [5.41, 5.74) is 1.37. The fourth-order valence-electron chi connectivity index (χ4n) is 3.17. The average Bonchev–Trinajstić information content (AvgIpc) is 3.54. The molecule has 10 heteroatoms. The van der Waals surface area contributed by atoms with E-state index in [9.17, 15) is 17.4 Å². The molecule has 0 saturated heterocycles. The van der Waals surface area contributed by atoms with E-state index in [1.165, 1.54) is 34.4 Å². The minimum atomic E-state index is -4.28. The van der Waals surface area contributed by atoms with Gasteiger partial charge in [-0.1, -0.05) is 26.0 Å². The highest BCUT2D eigenvalue weighted by molar-refractivity contribution is 7.82. The molecule has 0 aliphatic rings. The van der Waals surface area contributed by atoms with Crippen molar-refractivity contribution in [3.8, 4) is 16.3 Å². The van der Waals surface area contributed by atoms with Crippen LogP contribution in [0.25, 0.3) is 21.5 Å². The first-order chi connectivity index (χ1) is 17.6. The van der Waals surface area contributed by atoms with Crippen molar-refractivity contribution in [2.45, 2.75) is 46.3 Å². The molecule has 1 N–H and O–H groups in total. The average molecular weight is 554 g/mol. The predicted octanol–water partition coefficient (Wildman–Crippen LogP) is 7.34. The summed E-state index contributed by atoms with van der Waals surface area (Å²) in [5.74, 6) is 0.971. The molecule has 202 valence electrons. The zero-order valence-corrected chi connectivity index (χ0v) is 23.4. The normalized spacial score (nSPS) is 11.8. The van der Waals surface area contributed by atoms with Crippen LogP contribution < -0.4 is 9.46 Å². The summed E-state index contributed by atoms with van der Waals surface area (Å²) >= 11 is 1.51. The van der Waals surface area contributed by atoms with Crippen LogP contribution in [0.1, 0.15) is 37.6 Å². The largest absolute Gasteiger partial charge is 0.494 e. The Labute approximate surface area is 223 Å². The first kappa shape index (κ1) is 30.5. The van der Waals surface area contributed by atoms with Gasteiger partial charge in [0.1, 0.15) is 10.8 Å². The summed E-state index contributed by atoms with van der Waals surface area (Å²) in [6, 6.07) is 13.5. The van der Waals surface area contributed by atoms with Gasteiger partial charge in [0.05, 0.1) is 23.2 Å². The molecule has 37 heavy (non-hydrogen) atoms. The molecule has 1 unspecified atom stereocenters. The fourth-order valence-corrected chi connectivity index (χ4v) is 4.03. The van der Waals surface area contributed by atoms with E-state index >= 15 is 0 Å². The Hall–Kier alpha value is -2.69.